The maximum absolute atomic E-state index is 12.1. The number of benzene rings is 1. The maximum atomic E-state index is 12.1. The van der Waals surface area contributed by atoms with Crippen LogP contribution in [0.15, 0.2) is 18.2 Å². The van der Waals surface area contributed by atoms with E-state index < -0.39 is 44.4 Å². The Morgan fingerprint density at radius 1 is 1.10 bits per heavy atom. The van der Waals surface area contributed by atoms with Crippen LogP contribution in [0.2, 0.25) is 0 Å². The molecule has 0 atom stereocenters. The van der Waals surface area contributed by atoms with E-state index in [4.69, 9.17) is 10.2 Å². The second-order valence-corrected chi connectivity index (χ2v) is 4.84. The van der Waals surface area contributed by atoms with E-state index in [0.717, 1.165) is 0 Å². The first-order valence-electron chi connectivity index (χ1n) is 4.57. The highest BCUT2D eigenvalue weighted by Gasteiger charge is 2.49. The molecule has 0 radical (unpaired) electrons. The number of hydrogen-bond acceptors (Lipinski definition) is 5. The molecule has 7 nitrogen and oxygen atoms in total. The van der Waals surface area contributed by atoms with Crippen molar-refractivity contribution >= 4 is 22.1 Å². The van der Waals surface area contributed by atoms with Gasteiger partial charge in [-0.15, -0.1) is 0 Å². The number of carboxylic acids is 2. The van der Waals surface area contributed by atoms with Gasteiger partial charge in [0.1, 0.15) is 5.56 Å². The van der Waals surface area contributed by atoms with Crippen LogP contribution in [0.4, 0.5) is 13.2 Å². The normalized spacial score (nSPS) is 11.9. The third-order valence-corrected chi connectivity index (χ3v) is 2.91. The van der Waals surface area contributed by atoms with Crippen LogP contribution < -0.4 is 4.18 Å². The van der Waals surface area contributed by atoms with Crippen LogP contribution in [0.5, 0.6) is 5.75 Å². The van der Waals surface area contributed by atoms with Crippen LogP contribution in [0.3, 0.4) is 0 Å². The van der Waals surface area contributed by atoms with Gasteiger partial charge in [-0.3, -0.25) is 0 Å². The van der Waals surface area contributed by atoms with E-state index in [-0.39, 0.29) is 0 Å². The summed E-state index contributed by atoms with van der Waals surface area (Å²) in [5, 5.41) is 17.3. The van der Waals surface area contributed by atoms with Gasteiger partial charge < -0.3 is 14.4 Å². The fourth-order valence-corrected chi connectivity index (χ4v) is 1.54. The molecule has 20 heavy (non-hydrogen) atoms. The predicted octanol–water partition coefficient (Wildman–Crippen LogP) is 1.31. The molecule has 1 aromatic carbocycles. The molecule has 0 aliphatic rings. The van der Waals surface area contributed by atoms with Crippen molar-refractivity contribution in [2.45, 2.75) is 5.51 Å². The molecule has 1 rings (SSSR count). The quantitative estimate of drug-likeness (QED) is 0.635. The van der Waals surface area contributed by atoms with Crippen molar-refractivity contribution in [3.05, 3.63) is 29.3 Å². The summed E-state index contributed by atoms with van der Waals surface area (Å²) in [6.45, 7) is 0. The lowest BCUT2D eigenvalue weighted by Gasteiger charge is -2.11. The van der Waals surface area contributed by atoms with Crippen LogP contribution >= 0.6 is 0 Å². The Hall–Kier alpha value is -2.30. The third kappa shape index (κ3) is 3.17. The van der Waals surface area contributed by atoms with Gasteiger partial charge in [0.25, 0.3) is 0 Å². The summed E-state index contributed by atoms with van der Waals surface area (Å²) in [7, 11) is -6.05. The van der Waals surface area contributed by atoms with Crippen molar-refractivity contribution < 1.29 is 45.6 Å². The fraction of sp³-hybridized carbons (Fsp3) is 0.111. The second-order valence-electron chi connectivity index (χ2n) is 3.30. The van der Waals surface area contributed by atoms with Gasteiger partial charge in [-0.1, -0.05) is 0 Å². The molecule has 110 valence electrons. The minimum absolute atomic E-state index is 0.478. The minimum atomic E-state index is -6.05. The molecule has 1 aromatic rings. The van der Waals surface area contributed by atoms with Crippen molar-refractivity contribution in [3.63, 3.8) is 0 Å². The summed E-state index contributed by atoms with van der Waals surface area (Å²) >= 11 is 0. The van der Waals surface area contributed by atoms with Gasteiger partial charge in [-0.2, -0.15) is 21.6 Å². The number of carboxylic acid groups (broad SMARTS) is 2. The average Bonchev–Trinajstić information content (AvgIpc) is 2.26. The fourth-order valence-electron chi connectivity index (χ4n) is 1.07. The van der Waals surface area contributed by atoms with Gasteiger partial charge in [-0.05, 0) is 18.2 Å². The molecular weight excluding hydrogens is 309 g/mol. The average molecular weight is 314 g/mol. The first kappa shape index (κ1) is 15.8. The van der Waals surface area contributed by atoms with E-state index in [2.05, 4.69) is 4.18 Å². The highest BCUT2D eigenvalue weighted by Crippen LogP contribution is 2.29. The molecule has 0 unspecified atom stereocenters. The van der Waals surface area contributed by atoms with Crippen LogP contribution in [-0.4, -0.2) is 36.1 Å². The van der Waals surface area contributed by atoms with Crippen molar-refractivity contribution in [3.8, 4) is 5.75 Å². The zero-order valence-corrected chi connectivity index (χ0v) is 10.0. The predicted molar refractivity (Wildman–Crippen MR) is 56.0 cm³/mol. The molecule has 0 spiro atoms. The van der Waals surface area contributed by atoms with Gasteiger partial charge >= 0.3 is 27.6 Å². The summed E-state index contributed by atoms with van der Waals surface area (Å²) in [5.41, 5.74) is -7.33. The lowest BCUT2D eigenvalue weighted by atomic mass is 10.1. The largest absolute Gasteiger partial charge is 0.534 e. The van der Waals surface area contributed by atoms with Crippen molar-refractivity contribution in [1.29, 1.82) is 0 Å². The number of aromatic carboxylic acids is 2. The molecule has 0 fully saturated rings. The number of halogens is 3. The highest BCUT2D eigenvalue weighted by atomic mass is 32.2. The van der Waals surface area contributed by atoms with E-state index in [1.54, 1.807) is 0 Å². The van der Waals surface area contributed by atoms with Crippen LogP contribution in [-0.2, 0) is 10.1 Å². The number of rotatable bonds is 4. The standard InChI is InChI=1S/C9H5F3O7S/c10-9(11,12)20(17,18)19-6-2-1-4(7(13)14)3-5(6)8(15)16/h1-3H,(H,13,14)(H,15,16). The first-order valence-corrected chi connectivity index (χ1v) is 5.98. The molecule has 0 amide bonds. The molecular formula is C9H5F3O7S. The first-order chi connectivity index (χ1) is 8.95. The molecule has 0 aromatic heterocycles. The van der Waals surface area contributed by atoms with Gasteiger partial charge in [0.05, 0.1) is 5.56 Å². The van der Waals surface area contributed by atoms with E-state index in [0.29, 0.717) is 18.2 Å². The monoisotopic (exact) mass is 314 g/mol. The lowest BCUT2D eigenvalue weighted by Crippen LogP contribution is -2.28. The molecule has 0 saturated carbocycles. The Labute approximate surface area is 109 Å². The summed E-state index contributed by atoms with van der Waals surface area (Å²) in [5.74, 6) is -4.53. The van der Waals surface area contributed by atoms with Gasteiger partial charge in [0, 0.05) is 0 Å². The highest BCUT2D eigenvalue weighted by molar-refractivity contribution is 7.88. The Bertz CT molecular complexity index is 663. The Morgan fingerprint density at radius 2 is 1.65 bits per heavy atom. The molecule has 0 bridgehead atoms. The zero-order valence-electron chi connectivity index (χ0n) is 9.21. The third-order valence-electron chi connectivity index (χ3n) is 1.94. The number of hydrogen-bond donors (Lipinski definition) is 2. The SMILES string of the molecule is O=C(O)c1ccc(OS(=O)(=O)C(F)(F)F)c(C(=O)O)c1. The minimum Gasteiger partial charge on any atom is -0.478 e. The molecule has 2 N–H and O–H groups in total. The summed E-state index contributed by atoms with van der Waals surface area (Å²) in [6, 6.07) is 1.69. The summed E-state index contributed by atoms with van der Waals surface area (Å²) < 4.78 is 61.5. The summed E-state index contributed by atoms with van der Waals surface area (Å²) in [4.78, 5) is 21.4. The van der Waals surface area contributed by atoms with Crippen molar-refractivity contribution in [1.82, 2.24) is 0 Å². The van der Waals surface area contributed by atoms with E-state index in [9.17, 15) is 31.2 Å². The van der Waals surface area contributed by atoms with E-state index in [1.807, 2.05) is 0 Å². The van der Waals surface area contributed by atoms with Crippen LogP contribution in [0, 0.1) is 0 Å². The molecule has 0 aliphatic heterocycles. The van der Waals surface area contributed by atoms with E-state index >= 15 is 0 Å². The Morgan fingerprint density at radius 3 is 2.05 bits per heavy atom. The van der Waals surface area contributed by atoms with Gasteiger partial charge in [0.2, 0.25) is 0 Å². The second kappa shape index (κ2) is 5.00. The molecule has 11 heteroatoms. The molecule has 0 heterocycles. The topological polar surface area (TPSA) is 118 Å². The lowest BCUT2D eigenvalue weighted by molar-refractivity contribution is -0.0500. The van der Waals surface area contributed by atoms with Crippen molar-refractivity contribution in [2.75, 3.05) is 0 Å². The molecule has 0 saturated heterocycles. The van der Waals surface area contributed by atoms with Gasteiger partial charge in [0.15, 0.2) is 5.75 Å². The number of alkyl halides is 3. The van der Waals surface area contributed by atoms with Crippen LogP contribution in [0.1, 0.15) is 20.7 Å². The maximum Gasteiger partial charge on any atom is 0.534 e. The Balaban J connectivity index is 3.34. The molecule has 0 aliphatic carbocycles. The Kier molecular flexibility index (Phi) is 3.94. The van der Waals surface area contributed by atoms with Crippen LogP contribution in [0.25, 0.3) is 0 Å². The van der Waals surface area contributed by atoms with Gasteiger partial charge in [-0.25, -0.2) is 9.59 Å². The smallest absolute Gasteiger partial charge is 0.478 e. The zero-order chi connectivity index (χ0) is 15.7. The van der Waals surface area contributed by atoms with Crippen molar-refractivity contribution in [2.24, 2.45) is 0 Å². The number of carbonyl (C=O) groups is 2. The summed E-state index contributed by atoms with van der Waals surface area (Å²) in [6.07, 6.45) is 0. The van der Waals surface area contributed by atoms with E-state index in [1.165, 1.54) is 0 Å².